The van der Waals surface area contributed by atoms with Gasteiger partial charge in [-0.05, 0) is 55.9 Å². The lowest BCUT2D eigenvalue weighted by Gasteiger charge is -2.24. The molecule has 0 bridgehead atoms. The van der Waals surface area contributed by atoms with E-state index in [-0.39, 0.29) is 5.78 Å². The minimum atomic E-state index is -0.517. The van der Waals surface area contributed by atoms with Crippen LogP contribution in [0.5, 0.6) is 0 Å². The van der Waals surface area contributed by atoms with Gasteiger partial charge in [-0.1, -0.05) is 37.3 Å². The zero-order chi connectivity index (χ0) is 22.0. The van der Waals surface area contributed by atoms with E-state index >= 15 is 0 Å². The number of hydrogen-bond donors (Lipinski definition) is 1. The number of nitrogens with zero attached hydrogens (tertiary/aromatic N) is 1. The lowest BCUT2D eigenvalue weighted by molar-refractivity contribution is -0.119. The molecule has 0 fully saturated rings. The van der Waals surface area contributed by atoms with Gasteiger partial charge in [0, 0.05) is 22.3 Å². The normalized spacial score (nSPS) is 15.2. The van der Waals surface area contributed by atoms with Crippen LogP contribution in [0.3, 0.4) is 0 Å². The predicted octanol–water partition coefficient (Wildman–Crippen LogP) is 4.36. The summed E-state index contributed by atoms with van der Waals surface area (Å²) in [5, 5.41) is 3.42. The van der Waals surface area contributed by atoms with Crippen molar-refractivity contribution >= 4 is 34.3 Å². The zero-order valence-corrected chi connectivity index (χ0v) is 17.6. The van der Waals surface area contributed by atoms with Crippen LogP contribution in [0.15, 0.2) is 48.5 Å². The fraction of sp³-hybridized carbons (Fsp3) is 0.280. The first-order chi connectivity index (χ1) is 14.9. The highest BCUT2D eigenvalue weighted by atomic mass is 16.5. The SMILES string of the molecule is CC(=O)c1cccc(NC(=O)COC(=O)c2c3c(nc4ccccc24)CCC(C)C3)c1. The number of carbonyl (C=O) groups is 3. The number of hydrogen-bond acceptors (Lipinski definition) is 5. The van der Waals surface area contributed by atoms with Crippen LogP contribution < -0.4 is 5.32 Å². The average molecular weight is 416 g/mol. The van der Waals surface area contributed by atoms with E-state index in [1.807, 2.05) is 24.3 Å². The first kappa shape index (κ1) is 20.7. The summed E-state index contributed by atoms with van der Waals surface area (Å²) in [6, 6.07) is 14.2. The van der Waals surface area contributed by atoms with E-state index in [9.17, 15) is 14.4 Å². The second-order valence-corrected chi connectivity index (χ2v) is 8.04. The van der Waals surface area contributed by atoms with Crippen molar-refractivity contribution in [2.75, 3.05) is 11.9 Å². The summed E-state index contributed by atoms with van der Waals surface area (Å²) >= 11 is 0. The van der Waals surface area contributed by atoms with Crippen LogP contribution in [0.4, 0.5) is 5.69 Å². The molecule has 4 rings (SSSR count). The van der Waals surface area contributed by atoms with Crippen molar-refractivity contribution in [3.05, 3.63) is 70.9 Å². The fourth-order valence-corrected chi connectivity index (χ4v) is 4.01. The Hall–Kier alpha value is -3.54. The van der Waals surface area contributed by atoms with E-state index in [2.05, 4.69) is 12.2 Å². The Balaban J connectivity index is 1.54. The van der Waals surface area contributed by atoms with Crippen LogP contribution in [0.25, 0.3) is 10.9 Å². The molecule has 0 spiro atoms. The summed E-state index contributed by atoms with van der Waals surface area (Å²) < 4.78 is 5.40. The van der Waals surface area contributed by atoms with Crippen molar-refractivity contribution in [2.45, 2.75) is 33.1 Å². The molecule has 1 atom stereocenters. The van der Waals surface area contributed by atoms with Crippen LogP contribution in [0, 0.1) is 5.92 Å². The Morgan fingerprint density at radius 3 is 2.74 bits per heavy atom. The molecule has 1 heterocycles. The maximum Gasteiger partial charge on any atom is 0.339 e. The van der Waals surface area contributed by atoms with E-state index < -0.39 is 18.5 Å². The third-order valence-electron chi connectivity index (χ3n) is 5.60. The summed E-state index contributed by atoms with van der Waals surface area (Å²) in [5.74, 6) is -0.615. The number of pyridine rings is 1. The van der Waals surface area contributed by atoms with Gasteiger partial charge in [0.1, 0.15) is 0 Å². The Labute approximate surface area is 180 Å². The Morgan fingerprint density at radius 2 is 1.94 bits per heavy atom. The van der Waals surface area contributed by atoms with E-state index in [1.54, 1.807) is 24.3 Å². The van der Waals surface area contributed by atoms with Crippen LogP contribution in [0.1, 0.15) is 52.2 Å². The highest BCUT2D eigenvalue weighted by molar-refractivity contribution is 6.06. The highest BCUT2D eigenvalue weighted by Crippen LogP contribution is 2.32. The van der Waals surface area contributed by atoms with Crippen molar-refractivity contribution in [2.24, 2.45) is 5.92 Å². The number of carbonyl (C=O) groups excluding carboxylic acids is 3. The lowest BCUT2D eigenvalue weighted by atomic mass is 9.84. The highest BCUT2D eigenvalue weighted by Gasteiger charge is 2.26. The number of amides is 1. The molecule has 0 radical (unpaired) electrons. The molecule has 158 valence electrons. The number of esters is 1. The molecule has 3 aromatic rings. The van der Waals surface area contributed by atoms with Gasteiger partial charge in [-0.25, -0.2) is 4.79 Å². The summed E-state index contributed by atoms with van der Waals surface area (Å²) in [6.07, 6.45) is 2.63. The van der Waals surface area contributed by atoms with Crippen molar-refractivity contribution in [1.29, 1.82) is 0 Å². The minimum absolute atomic E-state index is 0.0916. The van der Waals surface area contributed by atoms with Crippen molar-refractivity contribution in [3.8, 4) is 0 Å². The summed E-state index contributed by atoms with van der Waals surface area (Å²) in [4.78, 5) is 41.7. The van der Waals surface area contributed by atoms with Crippen molar-refractivity contribution in [3.63, 3.8) is 0 Å². The third-order valence-corrected chi connectivity index (χ3v) is 5.60. The molecular weight excluding hydrogens is 392 g/mol. The molecule has 2 aromatic carbocycles. The fourth-order valence-electron chi connectivity index (χ4n) is 4.01. The first-order valence-corrected chi connectivity index (χ1v) is 10.4. The van der Waals surface area contributed by atoms with Crippen LogP contribution >= 0.6 is 0 Å². The average Bonchev–Trinajstić information content (AvgIpc) is 2.76. The lowest BCUT2D eigenvalue weighted by Crippen LogP contribution is -2.23. The molecule has 31 heavy (non-hydrogen) atoms. The number of Topliss-reactive ketones (excluding diaryl/α,β-unsaturated/α-hetero) is 1. The topological polar surface area (TPSA) is 85.4 Å². The van der Waals surface area contributed by atoms with Gasteiger partial charge in [-0.3, -0.25) is 14.6 Å². The van der Waals surface area contributed by atoms with Crippen LogP contribution in [0.2, 0.25) is 0 Å². The van der Waals surface area contributed by atoms with E-state index in [0.717, 1.165) is 41.4 Å². The molecule has 0 saturated heterocycles. The van der Waals surface area contributed by atoms with Gasteiger partial charge in [0.15, 0.2) is 12.4 Å². The number of aryl methyl sites for hydroxylation is 1. The molecule has 1 N–H and O–H groups in total. The number of benzene rings is 2. The maximum atomic E-state index is 13.1. The number of ketones is 1. The number of fused-ring (bicyclic) bond motifs is 2. The Kier molecular flexibility index (Phi) is 5.80. The molecule has 6 heteroatoms. The smallest absolute Gasteiger partial charge is 0.339 e. The molecule has 1 aliphatic rings. The van der Waals surface area contributed by atoms with Gasteiger partial charge < -0.3 is 10.1 Å². The number of anilines is 1. The molecule has 1 aromatic heterocycles. The van der Waals surface area contributed by atoms with Crippen molar-refractivity contribution in [1.82, 2.24) is 4.98 Å². The van der Waals surface area contributed by atoms with Crippen LogP contribution in [-0.4, -0.2) is 29.3 Å². The minimum Gasteiger partial charge on any atom is -0.452 e. The van der Waals surface area contributed by atoms with E-state index in [0.29, 0.717) is 22.7 Å². The first-order valence-electron chi connectivity index (χ1n) is 10.4. The molecule has 0 saturated carbocycles. The van der Waals surface area contributed by atoms with Crippen molar-refractivity contribution < 1.29 is 19.1 Å². The number of ether oxygens (including phenoxy) is 1. The number of aromatic nitrogens is 1. The summed E-state index contributed by atoms with van der Waals surface area (Å²) in [7, 11) is 0. The van der Waals surface area contributed by atoms with E-state index in [1.165, 1.54) is 6.92 Å². The molecule has 1 aliphatic carbocycles. The number of nitrogens with one attached hydrogen (secondary N) is 1. The second-order valence-electron chi connectivity index (χ2n) is 8.04. The zero-order valence-electron chi connectivity index (χ0n) is 17.6. The standard InChI is InChI=1S/C25H24N2O4/c1-15-10-11-22-20(12-15)24(19-8-3-4-9-21(19)27-22)25(30)31-14-23(29)26-18-7-5-6-17(13-18)16(2)28/h3-9,13,15H,10-12,14H2,1-2H3,(H,26,29). The molecule has 1 amide bonds. The van der Waals surface area contributed by atoms with Gasteiger partial charge in [0.05, 0.1) is 11.1 Å². The van der Waals surface area contributed by atoms with Gasteiger partial charge in [-0.2, -0.15) is 0 Å². The maximum absolute atomic E-state index is 13.1. The molecular formula is C25H24N2O4. The van der Waals surface area contributed by atoms with E-state index in [4.69, 9.17) is 9.72 Å². The van der Waals surface area contributed by atoms with Gasteiger partial charge in [-0.15, -0.1) is 0 Å². The predicted molar refractivity (Wildman–Crippen MR) is 118 cm³/mol. The summed E-state index contributed by atoms with van der Waals surface area (Å²) in [5.41, 5.74) is 4.12. The molecule has 0 aliphatic heterocycles. The molecule has 1 unspecified atom stereocenters. The second kappa shape index (κ2) is 8.68. The Morgan fingerprint density at radius 1 is 1.13 bits per heavy atom. The molecule has 6 nitrogen and oxygen atoms in total. The monoisotopic (exact) mass is 416 g/mol. The quantitative estimate of drug-likeness (QED) is 0.493. The summed E-state index contributed by atoms with van der Waals surface area (Å²) in [6.45, 7) is 3.21. The van der Waals surface area contributed by atoms with Gasteiger partial charge in [0.25, 0.3) is 5.91 Å². The van der Waals surface area contributed by atoms with Crippen LogP contribution in [-0.2, 0) is 22.4 Å². The Bertz CT molecular complexity index is 1190. The van der Waals surface area contributed by atoms with Gasteiger partial charge in [0.2, 0.25) is 0 Å². The third kappa shape index (κ3) is 4.48. The number of para-hydroxylation sites is 1. The number of rotatable bonds is 5. The van der Waals surface area contributed by atoms with Gasteiger partial charge >= 0.3 is 5.97 Å². The largest absolute Gasteiger partial charge is 0.452 e.